The topological polar surface area (TPSA) is 38.7 Å². The Kier molecular flexibility index (Phi) is 7.76. The van der Waals surface area contributed by atoms with Crippen LogP contribution in [0, 0.1) is 29.1 Å². The monoisotopic (exact) mass is 500 g/mol. The molecular formula is C31H52O3Si. The Bertz CT molecular complexity index is 872. The molecule has 35 heavy (non-hydrogen) atoms. The highest BCUT2D eigenvalue weighted by Crippen LogP contribution is 2.64. The summed E-state index contributed by atoms with van der Waals surface area (Å²) < 4.78 is 13.2. The molecule has 198 valence electrons. The van der Waals surface area contributed by atoms with Gasteiger partial charge in [0.2, 0.25) is 0 Å². The van der Waals surface area contributed by atoms with Crippen molar-refractivity contribution in [2.24, 2.45) is 29.1 Å². The molecule has 0 heterocycles. The van der Waals surface area contributed by atoms with Gasteiger partial charge in [-0.1, -0.05) is 55.4 Å². The number of hydrogen-bond donors (Lipinski definition) is 1. The van der Waals surface area contributed by atoms with E-state index in [4.69, 9.17) is 9.16 Å². The quantitative estimate of drug-likeness (QED) is 0.364. The van der Waals surface area contributed by atoms with Crippen LogP contribution in [-0.4, -0.2) is 27.1 Å². The highest BCUT2D eigenvalue weighted by Gasteiger charge is 2.55. The molecule has 3 aliphatic carbocycles. The average molecular weight is 501 g/mol. The summed E-state index contributed by atoms with van der Waals surface area (Å²) in [7, 11) is -0.233. The van der Waals surface area contributed by atoms with E-state index in [1.807, 2.05) is 7.11 Å². The van der Waals surface area contributed by atoms with Gasteiger partial charge in [-0.25, -0.2) is 0 Å². The summed E-state index contributed by atoms with van der Waals surface area (Å²) in [6, 6.07) is 4.74. The lowest BCUT2D eigenvalue weighted by molar-refractivity contribution is 0.00153. The first-order chi connectivity index (χ1) is 16.5. The molecule has 0 bridgehead atoms. The normalized spacial score (nSPS) is 31.3. The third-order valence-corrected chi connectivity index (χ3v) is 17.0. The molecule has 0 aromatic heterocycles. The van der Waals surface area contributed by atoms with E-state index in [1.54, 1.807) is 0 Å². The van der Waals surface area contributed by atoms with Crippen molar-refractivity contribution in [3.63, 3.8) is 0 Å². The number of aliphatic hydroxyl groups excluding tert-OH is 1. The minimum atomic E-state index is -2.05. The van der Waals surface area contributed by atoms with Gasteiger partial charge >= 0.3 is 0 Å². The minimum absolute atomic E-state index is 0.331. The van der Waals surface area contributed by atoms with Crippen LogP contribution in [0.1, 0.15) is 105 Å². The van der Waals surface area contributed by atoms with Gasteiger partial charge in [0, 0.05) is 6.61 Å². The van der Waals surface area contributed by atoms with Crippen molar-refractivity contribution in [3.8, 4) is 11.5 Å². The predicted molar refractivity (Wildman–Crippen MR) is 149 cm³/mol. The highest BCUT2D eigenvalue weighted by atomic mass is 28.4. The fourth-order valence-corrected chi connectivity index (χ4v) is 14.7. The zero-order valence-corrected chi connectivity index (χ0v) is 25.0. The zero-order valence-electron chi connectivity index (χ0n) is 24.0. The van der Waals surface area contributed by atoms with Gasteiger partial charge in [-0.15, -0.1) is 0 Å². The number of methoxy groups -OCH3 is 1. The Labute approximate surface area is 216 Å². The summed E-state index contributed by atoms with van der Waals surface area (Å²) in [5, 5.41) is 9.91. The maximum absolute atomic E-state index is 9.91. The van der Waals surface area contributed by atoms with Gasteiger partial charge in [-0.2, -0.15) is 0 Å². The Hall–Kier alpha value is -1.00. The van der Waals surface area contributed by atoms with Crippen molar-refractivity contribution in [1.82, 2.24) is 0 Å². The lowest BCUT2D eigenvalue weighted by Gasteiger charge is -2.52. The SMILES string of the molecule is COc1cc2c(cc1O[Si](C(C)C)(C(C)C)C(C)C)CC[C@@H]1[C@@H]2CC[C@]2(C)[C@@H](C(C)CO)CC[C@@H]12. The van der Waals surface area contributed by atoms with Crippen LogP contribution < -0.4 is 9.16 Å². The van der Waals surface area contributed by atoms with Gasteiger partial charge < -0.3 is 14.3 Å². The Morgan fingerprint density at radius 3 is 2.17 bits per heavy atom. The van der Waals surface area contributed by atoms with E-state index in [1.165, 1.54) is 43.2 Å². The molecular weight excluding hydrogens is 448 g/mol. The van der Waals surface area contributed by atoms with E-state index < -0.39 is 8.32 Å². The van der Waals surface area contributed by atoms with Gasteiger partial charge in [0.25, 0.3) is 8.32 Å². The molecule has 1 N–H and O–H groups in total. The lowest BCUT2D eigenvalue weighted by atomic mass is 9.53. The first-order valence-corrected chi connectivity index (χ1v) is 16.7. The maximum atomic E-state index is 9.91. The fourth-order valence-electron chi connectivity index (χ4n) is 9.46. The third-order valence-electron chi connectivity index (χ3n) is 11.1. The summed E-state index contributed by atoms with van der Waals surface area (Å²) in [5.74, 6) is 5.23. The van der Waals surface area contributed by atoms with Crippen LogP contribution in [0.3, 0.4) is 0 Å². The first-order valence-electron chi connectivity index (χ1n) is 14.5. The number of hydrogen-bond acceptors (Lipinski definition) is 3. The van der Waals surface area contributed by atoms with Crippen LogP contribution in [0.5, 0.6) is 11.5 Å². The number of rotatable bonds is 8. The van der Waals surface area contributed by atoms with E-state index >= 15 is 0 Å². The van der Waals surface area contributed by atoms with E-state index in [0.717, 1.165) is 29.8 Å². The van der Waals surface area contributed by atoms with E-state index in [0.29, 0.717) is 46.4 Å². The number of ether oxygens (including phenoxy) is 1. The van der Waals surface area contributed by atoms with Crippen LogP contribution in [-0.2, 0) is 6.42 Å². The zero-order chi connectivity index (χ0) is 25.7. The molecule has 1 unspecified atom stereocenters. The molecule has 0 radical (unpaired) electrons. The van der Waals surface area contributed by atoms with E-state index in [-0.39, 0.29) is 0 Å². The number of benzene rings is 1. The number of fused-ring (bicyclic) bond motifs is 5. The molecule has 0 amide bonds. The molecule has 2 saturated carbocycles. The molecule has 6 atom stereocenters. The van der Waals surface area contributed by atoms with Crippen molar-refractivity contribution in [1.29, 1.82) is 0 Å². The van der Waals surface area contributed by atoms with E-state index in [9.17, 15) is 5.11 Å². The fraction of sp³-hybridized carbons (Fsp3) is 0.806. The van der Waals surface area contributed by atoms with Gasteiger partial charge in [-0.05, 0) is 113 Å². The smallest absolute Gasteiger partial charge is 0.258 e. The second kappa shape index (κ2) is 10.0. The first kappa shape index (κ1) is 27.0. The van der Waals surface area contributed by atoms with Crippen LogP contribution in [0.2, 0.25) is 16.6 Å². The molecule has 0 saturated heterocycles. The predicted octanol–water partition coefficient (Wildman–Crippen LogP) is 8.35. The number of aliphatic hydroxyl groups is 1. The van der Waals surface area contributed by atoms with Crippen LogP contribution in [0.4, 0.5) is 0 Å². The lowest BCUT2D eigenvalue weighted by Crippen LogP contribution is -2.50. The van der Waals surface area contributed by atoms with Crippen LogP contribution >= 0.6 is 0 Å². The van der Waals surface area contributed by atoms with Crippen molar-refractivity contribution < 1.29 is 14.3 Å². The Morgan fingerprint density at radius 1 is 0.943 bits per heavy atom. The molecule has 4 heteroatoms. The second-order valence-electron chi connectivity index (χ2n) is 13.4. The molecule has 1 aromatic carbocycles. The van der Waals surface area contributed by atoms with Gasteiger partial charge in [0.05, 0.1) is 7.11 Å². The van der Waals surface area contributed by atoms with Gasteiger partial charge in [0.15, 0.2) is 5.75 Å². The largest absolute Gasteiger partial charge is 0.540 e. The Balaban J connectivity index is 1.67. The molecule has 0 spiro atoms. The molecule has 4 rings (SSSR count). The number of aryl methyl sites for hydroxylation is 1. The van der Waals surface area contributed by atoms with Crippen LogP contribution in [0.15, 0.2) is 12.1 Å². The van der Waals surface area contributed by atoms with Crippen molar-refractivity contribution in [3.05, 3.63) is 23.3 Å². The summed E-state index contributed by atoms with van der Waals surface area (Å²) >= 11 is 0. The molecule has 3 nitrogen and oxygen atoms in total. The van der Waals surface area contributed by atoms with Crippen LogP contribution in [0.25, 0.3) is 0 Å². The van der Waals surface area contributed by atoms with Gasteiger partial charge in [0.1, 0.15) is 5.75 Å². The van der Waals surface area contributed by atoms with E-state index in [2.05, 4.69) is 67.5 Å². The second-order valence-corrected chi connectivity index (χ2v) is 18.8. The Morgan fingerprint density at radius 2 is 1.60 bits per heavy atom. The van der Waals surface area contributed by atoms with Crippen molar-refractivity contribution in [2.45, 2.75) is 116 Å². The summed E-state index contributed by atoms with van der Waals surface area (Å²) in [4.78, 5) is 0. The molecule has 3 aliphatic rings. The van der Waals surface area contributed by atoms with Crippen molar-refractivity contribution in [2.75, 3.05) is 13.7 Å². The molecule has 2 fully saturated rings. The maximum Gasteiger partial charge on any atom is 0.258 e. The summed E-state index contributed by atoms with van der Waals surface area (Å²) in [5.41, 5.74) is 5.06. The standard InChI is InChI=1S/C31H52O3Si/c1-19(2)35(20(3)4,21(5)6)34-30-16-23-10-11-25-24(26(23)17-29(30)33-9)14-15-31(8)27(22(7)18-32)12-13-28(25)31/h16-17,19-22,24-25,27-28,32H,10-15,18H2,1-9H3/t22?,24-,25+,27+,28-,31+/m0/s1. The minimum Gasteiger partial charge on any atom is -0.540 e. The summed E-state index contributed by atoms with van der Waals surface area (Å²) in [6.07, 6.45) is 7.64. The molecule has 1 aromatic rings. The highest BCUT2D eigenvalue weighted by molar-refractivity contribution is 6.78. The molecule has 0 aliphatic heterocycles. The average Bonchev–Trinajstić information content (AvgIpc) is 3.17. The van der Waals surface area contributed by atoms with Crippen molar-refractivity contribution >= 4 is 8.32 Å². The third kappa shape index (κ3) is 4.29. The summed E-state index contributed by atoms with van der Waals surface area (Å²) in [6.45, 7) is 19.3. The van der Waals surface area contributed by atoms with Gasteiger partial charge in [-0.3, -0.25) is 0 Å².